The number of ether oxygens (including phenoxy) is 2. The standard InChI is InChI=1S/C14H23NO5S/c1-15(9-5-4-6-10-16)21(17,18)14-8-7-12(19-2)11-13(14)20-3/h7-8,11,16H,4-6,9-10H2,1-3H3. The van der Waals surface area contributed by atoms with Crippen LogP contribution in [0.25, 0.3) is 0 Å². The Morgan fingerprint density at radius 1 is 1.14 bits per heavy atom. The molecule has 0 heterocycles. The molecule has 0 saturated carbocycles. The molecule has 0 bridgehead atoms. The van der Waals surface area contributed by atoms with E-state index in [0.717, 1.165) is 6.42 Å². The van der Waals surface area contributed by atoms with E-state index in [1.807, 2.05) is 0 Å². The number of aliphatic hydroxyl groups excluding tert-OH is 1. The molecule has 21 heavy (non-hydrogen) atoms. The minimum Gasteiger partial charge on any atom is -0.497 e. The van der Waals surface area contributed by atoms with Gasteiger partial charge in [-0.15, -0.1) is 0 Å². The van der Waals surface area contributed by atoms with Crippen LogP contribution in [0.1, 0.15) is 19.3 Å². The van der Waals surface area contributed by atoms with E-state index in [-0.39, 0.29) is 17.3 Å². The van der Waals surface area contributed by atoms with Crippen LogP contribution in [0, 0.1) is 0 Å². The summed E-state index contributed by atoms with van der Waals surface area (Å²) in [7, 11) is 0.872. The van der Waals surface area contributed by atoms with Gasteiger partial charge in [0, 0.05) is 26.3 Å². The molecular formula is C14H23NO5S. The summed E-state index contributed by atoms with van der Waals surface area (Å²) < 4.78 is 36.6. The normalized spacial score (nSPS) is 11.7. The van der Waals surface area contributed by atoms with Gasteiger partial charge in [-0.2, -0.15) is 0 Å². The quantitative estimate of drug-likeness (QED) is 0.698. The van der Waals surface area contributed by atoms with E-state index < -0.39 is 10.0 Å². The van der Waals surface area contributed by atoms with E-state index in [4.69, 9.17) is 14.6 Å². The summed E-state index contributed by atoms with van der Waals surface area (Å²) in [6.07, 6.45) is 2.17. The van der Waals surface area contributed by atoms with Crippen molar-refractivity contribution in [3.05, 3.63) is 18.2 Å². The van der Waals surface area contributed by atoms with Crippen molar-refractivity contribution in [2.24, 2.45) is 0 Å². The number of unbranched alkanes of at least 4 members (excludes halogenated alkanes) is 2. The second-order valence-electron chi connectivity index (χ2n) is 4.63. The molecule has 0 radical (unpaired) electrons. The Kier molecular flexibility index (Phi) is 6.94. The van der Waals surface area contributed by atoms with Crippen molar-refractivity contribution in [1.29, 1.82) is 0 Å². The topological polar surface area (TPSA) is 76.1 Å². The predicted octanol–water partition coefficient (Wildman–Crippen LogP) is 1.49. The minimum atomic E-state index is -3.60. The Labute approximate surface area is 126 Å². The summed E-state index contributed by atoms with van der Waals surface area (Å²) in [6, 6.07) is 4.62. The predicted molar refractivity (Wildman–Crippen MR) is 80.3 cm³/mol. The lowest BCUT2D eigenvalue weighted by Crippen LogP contribution is -2.28. The van der Waals surface area contributed by atoms with Crippen LogP contribution in [0.15, 0.2) is 23.1 Å². The fourth-order valence-electron chi connectivity index (χ4n) is 1.90. The third-order valence-electron chi connectivity index (χ3n) is 3.19. The largest absolute Gasteiger partial charge is 0.497 e. The van der Waals surface area contributed by atoms with Crippen LogP contribution in [-0.4, -0.2) is 52.2 Å². The highest BCUT2D eigenvalue weighted by molar-refractivity contribution is 7.89. The van der Waals surface area contributed by atoms with Gasteiger partial charge >= 0.3 is 0 Å². The van der Waals surface area contributed by atoms with Gasteiger partial charge in [0.15, 0.2) is 0 Å². The molecular weight excluding hydrogens is 294 g/mol. The summed E-state index contributed by atoms with van der Waals surface area (Å²) in [5, 5.41) is 8.73. The molecule has 1 aromatic rings. The van der Waals surface area contributed by atoms with Crippen molar-refractivity contribution in [2.45, 2.75) is 24.2 Å². The second kappa shape index (κ2) is 8.21. The smallest absolute Gasteiger partial charge is 0.246 e. The molecule has 7 heteroatoms. The number of rotatable bonds is 9. The average Bonchev–Trinajstić information content (AvgIpc) is 2.50. The number of sulfonamides is 1. The summed E-state index contributed by atoms with van der Waals surface area (Å²) in [4.78, 5) is 0.121. The first-order valence-electron chi connectivity index (χ1n) is 6.76. The van der Waals surface area contributed by atoms with Crippen LogP contribution >= 0.6 is 0 Å². The fourth-order valence-corrected chi connectivity index (χ4v) is 3.24. The third-order valence-corrected chi connectivity index (χ3v) is 5.09. The highest BCUT2D eigenvalue weighted by Gasteiger charge is 2.24. The maximum Gasteiger partial charge on any atom is 0.246 e. The van der Waals surface area contributed by atoms with Crippen LogP contribution in [0.5, 0.6) is 11.5 Å². The molecule has 0 aliphatic heterocycles. The Balaban J connectivity index is 2.91. The van der Waals surface area contributed by atoms with Crippen LogP contribution in [0.3, 0.4) is 0 Å². The number of hydrogen-bond donors (Lipinski definition) is 1. The van der Waals surface area contributed by atoms with E-state index in [1.165, 1.54) is 31.6 Å². The summed E-state index contributed by atoms with van der Waals surface area (Å²) >= 11 is 0. The lowest BCUT2D eigenvalue weighted by molar-refractivity contribution is 0.281. The van der Waals surface area contributed by atoms with Gasteiger partial charge in [-0.3, -0.25) is 0 Å². The van der Waals surface area contributed by atoms with E-state index in [2.05, 4.69) is 0 Å². The van der Waals surface area contributed by atoms with Gasteiger partial charge in [-0.1, -0.05) is 0 Å². The number of methoxy groups -OCH3 is 2. The molecule has 0 spiro atoms. The lowest BCUT2D eigenvalue weighted by Gasteiger charge is -2.19. The number of aliphatic hydroxyl groups is 1. The van der Waals surface area contributed by atoms with E-state index >= 15 is 0 Å². The van der Waals surface area contributed by atoms with Crippen LogP contribution < -0.4 is 9.47 Å². The van der Waals surface area contributed by atoms with Crippen LogP contribution in [0.4, 0.5) is 0 Å². The van der Waals surface area contributed by atoms with Gasteiger partial charge < -0.3 is 14.6 Å². The minimum absolute atomic E-state index is 0.121. The number of benzene rings is 1. The SMILES string of the molecule is COc1ccc(S(=O)(=O)N(C)CCCCCO)c(OC)c1. The zero-order valence-corrected chi connectivity index (χ0v) is 13.5. The highest BCUT2D eigenvalue weighted by atomic mass is 32.2. The molecule has 6 nitrogen and oxygen atoms in total. The molecule has 1 rings (SSSR count). The molecule has 0 aliphatic carbocycles. The molecule has 0 aliphatic rings. The Morgan fingerprint density at radius 2 is 1.86 bits per heavy atom. The molecule has 0 fully saturated rings. The van der Waals surface area contributed by atoms with E-state index in [0.29, 0.717) is 25.1 Å². The molecule has 0 atom stereocenters. The van der Waals surface area contributed by atoms with Gasteiger partial charge in [0.2, 0.25) is 10.0 Å². The lowest BCUT2D eigenvalue weighted by atomic mass is 10.2. The first-order valence-corrected chi connectivity index (χ1v) is 8.20. The molecule has 1 aromatic carbocycles. The average molecular weight is 317 g/mol. The van der Waals surface area contributed by atoms with Crippen molar-refractivity contribution in [3.8, 4) is 11.5 Å². The fraction of sp³-hybridized carbons (Fsp3) is 0.571. The van der Waals surface area contributed by atoms with Crippen molar-refractivity contribution >= 4 is 10.0 Å². The second-order valence-corrected chi connectivity index (χ2v) is 6.64. The maximum absolute atomic E-state index is 12.5. The Bertz CT molecular complexity index is 544. The van der Waals surface area contributed by atoms with Gasteiger partial charge in [0.25, 0.3) is 0 Å². The monoisotopic (exact) mass is 317 g/mol. The number of nitrogens with zero attached hydrogens (tertiary/aromatic N) is 1. The van der Waals surface area contributed by atoms with Crippen molar-refractivity contribution in [2.75, 3.05) is 34.4 Å². The van der Waals surface area contributed by atoms with Gasteiger partial charge in [0.05, 0.1) is 14.2 Å². The molecule has 1 N–H and O–H groups in total. The summed E-state index contributed by atoms with van der Waals surface area (Å²) in [6.45, 7) is 0.528. The van der Waals surface area contributed by atoms with Gasteiger partial charge in [-0.25, -0.2) is 12.7 Å². The zero-order chi connectivity index (χ0) is 15.9. The number of hydrogen-bond acceptors (Lipinski definition) is 5. The van der Waals surface area contributed by atoms with E-state index in [1.54, 1.807) is 12.1 Å². The zero-order valence-electron chi connectivity index (χ0n) is 12.7. The van der Waals surface area contributed by atoms with Gasteiger partial charge in [-0.05, 0) is 31.4 Å². The van der Waals surface area contributed by atoms with E-state index in [9.17, 15) is 8.42 Å². The Hall–Kier alpha value is -1.31. The third kappa shape index (κ3) is 4.59. The molecule has 0 amide bonds. The van der Waals surface area contributed by atoms with Crippen LogP contribution in [-0.2, 0) is 10.0 Å². The molecule has 0 unspecified atom stereocenters. The Morgan fingerprint density at radius 3 is 2.43 bits per heavy atom. The first-order chi connectivity index (χ1) is 9.97. The first kappa shape index (κ1) is 17.7. The molecule has 0 saturated heterocycles. The van der Waals surface area contributed by atoms with Crippen molar-refractivity contribution in [1.82, 2.24) is 4.31 Å². The van der Waals surface area contributed by atoms with Crippen molar-refractivity contribution < 1.29 is 23.0 Å². The summed E-state index contributed by atoms with van der Waals surface area (Å²) in [5.74, 6) is 0.799. The van der Waals surface area contributed by atoms with Gasteiger partial charge in [0.1, 0.15) is 16.4 Å². The highest BCUT2D eigenvalue weighted by Crippen LogP contribution is 2.30. The molecule has 120 valence electrons. The van der Waals surface area contributed by atoms with Crippen molar-refractivity contribution in [3.63, 3.8) is 0 Å². The summed E-state index contributed by atoms with van der Waals surface area (Å²) in [5.41, 5.74) is 0. The van der Waals surface area contributed by atoms with Crippen LogP contribution in [0.2, 0.25) is 0 Å². The maximum atomic E-state index is 12.5. The molecule has 0 aromatic heterocycles.